The summed E-state index contributed by atoms with van der Waals surface area (Å²) in [5, 5.41) is 13.4. The third-order valence-electron chi connectivity index (χ3n) is 5.30. The van der Waals surface area contributed by atoms with Gasteiger partial charge in [-0.25, -0.2) is 0 Å². The fraction of sp³-hybridized carbons (Fsp3) is 0.304. The Morgan fingerprint density at radius 3 is 2.31 bits per heavy atom. The summed E-state index contributed by atoms with van der Waals surface area (Å²) in [6.45, 7) is 9.76. The molecular formula is C23H26N2O4. The molecule has 6 nitrogen and oxygen atoms in total. The number of aliphatic hydroxyl groups excluding tert-OH is 1. The summed E-state index contributed by atoms with van der Waals surface area (Å²) in [4.78, 5) is 26.0. The fourth-order valence-corrected chi connectivity index (χ4v) is 3.11. The Morgan fingerprint density at radius 1 is 1.14 bits per heavy atom. The van der Waals surface area contributed by atoms with E-state index in [1.165, 1.54) is 0 Å². The standard InChI is InChI=1S/C23H26N2O4/c1-13(2)23(3,4)29-12-14(26)11-25-18-10-9-17(24)19-20(18)22(28)16-8-6-5-7-15(16)21(19)27/h5-10,14,25-26H,1,11-12,24H2,2-4H3. The number of carbonyl (C=O) groups excluding carboxylic acids is 2. The highest BCUT2D eigenvalue weighted by Crippen LogP contribution is 2.35. The van der Waals surface area contributed by atoms with E-state index >= 15 is 0 Å². The van der Waals surface area contributed by atoms with Crippen LogP contribution in [0.3, 0.4) is 0 Å². The van der Waals surface area contributed by atoms with Crippen LogP contribution in [0.5, 0.6) is 0 Å². The highest BCUT2D eigenvalue weighted by Gasteiger charge is 2.33. The monoisotopic (exact) mass is 394 g/mol. The average molecular weight is 394 g/mol. The van der Waals surface area contributed by atoms with Crippen LogP contribution in [0.1, 0.15) is 52.6 Å². The van der Waals surface area contributed by atoms with Gasteiger partial charge in [0.25, 0.3) is 0 Å². The molecule has 3 rings (SSSR count). The summed E-state index contributed by atoms with van der Waals surface area (Å²) < 4.78 is 5.73. The number of anilines is 2. The Kier molecular flexibility index (Phi) is 5.59. The molecule has 6 heteroatoms. The first-order chi connectivity index (χ1) is 13.6. The van der Waals surface area contributed by atoms with Crippen molar-refractivity contribution in [1.82, 2.24) is 0 Å². The molecule has 152 valence electrons. The van der Waals surface area contributed by atoms with E-state index in [0.29, 0.717) is 16.8 Å². The lowest BCUT2D eigenvalue weighted by molar-refractivity contribution is -0.0346. The number of ketones is 2. The van der Waals surface area contributed by atoms with Gasteiger partial charge in [-0.3, -0.25) is 9.59 Å². The number of fused-ring (bicyclic) bond motifs is 2. The minimum atomic E-state index is -0.816. The number of nitrogens with one attached hydrogen (secondary N) is 1. The van der Waals surface area contributed by atoms with Gasteiger partial charge in [0.15, 0.2) is 11.6 Å². The maximum absolute atomic E-state index is 13.1. The lowest BCUT2D eigenvalue weighted by atomic mass is 9.82. The number of carbonyl (C=O) groups is 2. The Hall–Kier alpha value is -2.96. The van der Waals surface area contributed by atoms with Crippen LogP contribution < -0.4 is 11.1 Å². The maximum atomic E-state index is 13.1. The molecule has 4 N–H and O–H groups in total. The van der Waals surface area contributed by atoms with Crippen LogP contribution in [-0.4, -0.2) is 41.5 Å². The molecule has 2 aromatic rings. The maximum Gasteiger partial charge on any atom is 0.196 e. The second-order valence-electron chi connectivity index (χ2n) is 7.79. The van der Waals surface area contributed by atoms with Crippen molar-refractivity contribution >= 4 is 22.9 Å². The summed E-state index contributed by atoms with van der Waals surface area (Å²) in [5.41, 5.74) is 8.19. The molecule has 1 aliphatic carbocycles. The molecule has 0 aromatic heterocycles. The van der Waals surface area contributed by atoms with Crippen molar-refractivity contribution in [3.8, 4) is 0 Å². The van der Waals surface area contributed by atoms with Crippen molar-refractivity contribution < 1.29 is 19.4 Å². The van der Waals surface area contributed by atoms with Gasteiger partial charge in [0.05, 0.1) is 29.4 Å². The average Bonchev–Trinajstić information content (AvgIpc) is 2.69. The summed E-state index contributed by atoms with van der Waals surface area (Å²) in [5.74, 6) is -0.539. The number of hydrogen-bond acceptors (Lipinski definition) is 6. The largest absolute Gasteiger partial charge is 0.398 e. The minimum Gasteiger partial charge on any atom is -0.398 e. The van der Waals surface area contributed by atoms with E-state index in [9.17, 15) is 14.7 Å². The van der Waals surface area contributed by atoms with Crippen LogP contribution in [0.25, 0.3) is 0 Å². The van der Waals surface area contributed by atoms with Gasteiger partial charge in [0.1, 0.15) is 0 Å². The first kappa shape index (κ1) is 20.8. The molecule has 2 aromatic carbocycles. The third-order valence-corrected chi connectivity index (χ3v) is 5.30. The van der Waals surface area contributed by atoms with Crippen LogP contribution in [0.15, 0.2) is 48.6 Å². The number of nitrogens with two attached hydrogens (primary N) is 1. The topological polar surface area (TPSA) is 102 Å². The summed E-state index contributed by atoms with van der Waals surface area (Å²) in [6.07, 6.45) is -0.816. The Bertz CT molecular complexity index is 994. The second-order valence-corrected chi connectivity index (χ2v) is 7.79. The van der Waals surface area contributed by atoms with Crippen molar-refractivity contribution in [3.05, 3.63) is 70.8 Å². The van der Waals surface area contributed by atoms with E-state index in [0.717, 1.165) is 5.57 Å². The highest BCUT2D eigenvalue weighted by atomic mass is 16.5. The summed E-state index contributed by atoms with van der Waals surface area (Å²) >= 11 is 0. The van der Waals surface area contributed by atoms with Gasteiger partial charge in [0, 0.05) is 29.0 Å². The number of ether oxygens (including phenoxy) is 1. The first-order valence-electron chi connectivity index (χ1n) is 9.46. The van der Waals surface area contributed by atoms with Crippen LogP contribution in [0.2, 0.25) is 0 Å². The number of nitrogen functional groups attached to an aromatic ring is 1. The van der Waals surface area contributed by atoms with Gasteiger partial charge in [-0.1, -0.05) is 30.8 Å². The number of rotatable bonds is 7. The van der Waals surface area contributed by atoms with Crippen LogP contribution in [0, 0.1) is 0 Å². The van der Waals surface area contributed by atoms with E-state index in [2.05, 4.69) is 11.9 Å². The predicted octanol–water partition coefficient (Wildman–Crippen LogP) is 3.19. The van der Waals surface area contributed by atoms with Gasteiger partial charge in [0.2, 0.25) is 0 Å². The molecule has 1 aliphatic rings. The molecule has 0 spiro atoms. The van der Waals surface area contributed by atoms with Gasteiger partial charge in [-0.15, -0.1) is 0 Å². The van der Waals surface area contributed by atoms with Crippen molar-refractivity contribution in [2.75, 3.05) is 24.2 Å². The van der Waals surface area contributed by atoms with E-state index in [-0.39, 0.29) is 41.5 Å². The Morgan fingerprint density at radius 2 is 1.72 bits per heavy atom. The number of benzene rings is 2. The van der Waals surface area contributed by atoms with E-state index in [4.69, 9.17) is 10.5 Å². The van der Waals surface area contributed by atoms with E-state index in [1.54, 1.807) is 36.4 Å². The van der Waals surface area contributed by atoms with Crippen LogP contribution in [0.4, 0.5) is 11.4 Å². The van der Waals surface area contributed by atoms with Crippen LogP contribution >= 0.6 is 0 Å². The quantitative estimate of drug-likeness (QED) is 0.420. The first-order valence-corrected chi connectivity index (χ1v) is 9.46. The summed E-state index contributed by atoms with van der Waals surface area (Å²) in [7, 11) is 0. The van der Waals surface area contributed by atoms with Gasteiger partial charge >= 0.3 is 0 Å². The van der Waals surface area contributed by atoms with Crippen molar-refractivity contribution in [1.29, 1.82) is 0 Å². The summed E-state index contributed by atoms with van der Waals surface area (Å²) in [6, 6.07) is 9.94. The van der Waals surface area contributed by atoms with E-state index in [1.807, 2.05) is 20.8 Å². The zero-order valence-electron chi connectivity index (χ0n) is 16.9. The minimum absolute atomic E-state index is 0.0970. The molecule has 1 atom stereocenters. The number of hydrogen-bond donors (Lipinski definition) is 3. The molecule has 0 fully saturated rings. The molecule has 0 saturated carbocycles. The van der Waals surface area contributed by atoms with Gasteiger partial charge in [-0.2, -0.15) is 0 Å². The lowest BCUT2D eigenvalue weighted by Crippen LogP contribution is -2.33. The molecule has 0 heterocycles. The SMILES string of the molecule is C=C(C)C(C)(C)OCC(O)CNc1ccc(N)c2c1C(=O)c1ccccc1C2=O. The van der Waals surface area contributed by atoms with E-state index < -0.39 is 11.7 Å². The highest BCUT2D eigenvalue weighted by molar-refractivity contribution is 6.31. The third kappa shape index (κ3) is 3.95. The molecular weight excluding hydrogens is 368 g/mol. The lowest BCUT2D eigenvalue weighted by Gasteiger charge is -2.27. The Labute approximate surface area is 170 Å². The molecule has 29 heavy (non-hydrogen) atoms. The van der Waals surface area contributed by atoms with Crippen LogP contribution in [-0.2, 0) is 4.74 Å². The van der Waals surface area contributed by atoms with Gasteiger partial charge in [-0.05, 0) is 38.5 Å². The molecule has 0 radical (unpaired) electrons. The second kappa shape index (κ2) is 7.81. The molecule has 0 aliphatic heterocycles. The number of aliphatic hydroxyl groups is 1. The fourth-order valence-electron chi connectivity index (χ4n) is 3.11. The molecule has 0 bridgehead atoms. The van der Waals surface area contributed by atoms with Crippen molar-refractivity contribution in [2.45, 2.75) is 32.5 Å². The van der Waals surface area contributed by atoms with Crippen molar-refractivity contribution in [2.24, 2.45) is 0 Å². The zero-order chi connectivity index (χ0) is 21.3. The zero-order valence-corrected chi connectivity index (χ0v) is 16.9. The predicted molar refractivity (Wildman–Crippen MR) is 114 cm³/mol. The smallest absolute Gasteiger partial charge is 0.196 e. The van der Waals surface area contributed by atoms with Crippen molar-refractivity contribution in [3.63, 3.8) is 0 Å². The molecule has 0 amide bonds. The molecule has 1 unspecified atom stereocenters. The normalized spacial score (nSPS) is 14.2. The Balaban J connectivity index is 1.81. The van der Waals surface area contributed by atoms with Gasteiger partial charge < -0.3 is 20.9 Å². The molecule has 0 saturated heterocycles.